The Labute approximate surface area is 129 Å². The van der Waals surface area contributed by atoms with Crippen molar-refractivity contribution >= 4 is 23.4 Å². The molecule has 0 aliphatic heterocycles. The second-order valence-corrected chi connectivity index (χ2v) is 5.26. The number of nitrogens with one attached hydrogen (secondary N) is 2. The van der Waals surface area contributed by atoms with Gasteiger partial charge < -0.3 is 15.7 Å². The molecule has 2 atom stereocenters. The SMILES string of the molecule is CCC(CCO)NC(=O)C(C)NC(=O)c1ccc(Cl)cc1. The number of halogens is 1. The quantitative estimate of drug-likeness (QED) is 0.717. The van der Waals surface area contributed by atoms with Crippen LogP contribution >= 0.6 is 11.6 Å². The molecular formula is C15H21ClN2O3. The molecule has 0 radical (unpaired) electrons. The summed E-state index contributed by atoms with van der Waals surface area (Å²) < 4.78 is 0. The number of hydrogen-bond acceptors (Lipinski definition) is 3. The molecule has 3 N–H and O–H groups in total. The zero-order valence-corrected chi connectivity index (χ0v) is 13.0. The van der Waals surface area contributed by atoms with E-state index in [1.54, 1.807) is 31.2 Å². The fourth-order valence-electron chi connectivity index (χ4n) is 1.81. The Morgan fingerprint density at radius 2 is 1.86 bits per heavy atom. The highest BCUT2D eigenvalue weighted by Gasteiger charge is 2.18. The summed E-state index contributed by atoms with van der Waals surface area (Å²) in [4.78, 5) is 24.0. The van der Waals surface area contributed by atoms with E-state index in [2.05, 4.69) is 10.6 Å². The van der Waals surface area contributed by atoms with Crippen LogP contribution in [0.5, 0.6) is 0 Å². The molecule has 1 rings (SSSR count). The summed E-state index contributed by atoms with van der Waals surface area (Å²) in [5.74, 6) is -0.595. The van der Waals surface area contributed by atoms with E-state index in [1.165, 1.54) is 0 Å². The Bertz CT molecular complexity index is 476. The van der Waals surface area contributed by atoms with Crippen molar-refractivity contribution in [2.45, 2.75) is 38.8 Å². The van der Waals surface area contributed by atoms with Gasteiger partial charge >= 0.3 is 0 Å². The van der Waals surface area contributed by atoms with Gasteiger partial charge in [-0.15, -0.1) is 0 Å². The molecule has 0 bridgehead atoms. The Balaban J connectivity index is 2.55. The number of aliphatic hydroxyl groups is 1. The minimum Gasteiger partial charge on any atom is -0.396 e. The number of carbonyl (C=O) groups excluding carboxylic acids is 2. The second kappa shape index (κ2) is 8.64. The first-order chi connectivity index (χ1) is 9.97. The third-order valence-electron chi connectivity index (χ3n) is 3.16. The van der Waals surface area contributed by atoms with Crippen LogP contribution < -0.4 is 10.6 Å². The summed E-state index contributed by atoms with van der Waals surface area (Å²) in [7, 11) is 0. The summed E-state index contributed by atoms with van der Waals surface area (Å²) in [6, 6.07) is 5.70. The van der Waals surface area contributed by atoms with E-state index in [1.807, 2.05) is 6.92 Å². The first kappa shape index (κ1) is 17.5. The predicted octanol–water partition coefficient (Wildman–Crippen LogP) is 1.74. The fourth-order valence-corrected chi connectivity index (χ4v) is 1.93. The normalized spacial score (nSPS) is 13.3. The summed E-state index contributed by atoms with van der Waals surface area (Å²) >= 11 is 5.76. The van der Waals surface area contributed by atoms with Gasteiger partial charge in [-0.25, -0.2) is 0 Å². The topological polar surface area (TPSA) is 78.4 Å². The average Bonchev–Trinajstić information content (AvgIpc) is 2.47. The summed E-state index contributed by atoms with van der Waals surface area (Å²) in [6.45, 7) is 3.57. The van der Waals surface area contributed by atoms with Gasteiger partial charge in [0.1, 0.15) is 6.04 Å². The van der Waals surface area contributed by atoms with Gasteiger partial charge in [-0.05, 0) is 44.0 Å². The Hall–Kier alpha value is -1.59. The van der Waals surface area contributed by atoms with Crippen molar-refractivity contribution in [2.75, 3.05) is 6.61 Å². The van der Waals surface area contributed by atoms with Crippen molar-refractivity contribution in [3.63, 3.8) is 0 Å². The molecule has 0 fully saturated rings. The lowest BCUT2D eigenvalue weighted by Gasteiger charge is -2.19. The fraction of sp³-hybridized carbons (Fsp3) is 0.467. The first-order valence-electron chi connectivity index (χ1n) is 6.95. The van der Waals surface area contributed by atoms with E-state index in [4.69, 9.17) is 16.7 Å². The smallest absolute Gasteiger partial charge is 0.251 e. The summed E-state index contributed by atoms with van der Waals surface area (Å²) in [5, 5.41) is 14.9. The number of carbonyl (C=O) groups is 2. The molecule has 2 amide bonds. The molecule has 0 aliphatic carbocycles. The molecule has 0 heterocycles. The Morgan fingerprint density at radius 1 is 1.24 bits per heavy atom. The highest BCUT2D eigenvalue weighted by Crippen LogP contribution is 2.09. The molecule has 1 aromatic carbocycles. The number of hydrogen-bond donors (Lipinski definition) is 3. The highest BCUT2D eigenvalue weighted by molar-refractivity contribution is 6.30. The van der Waals surface area contributed by atoms with Gasteiger partial charge in [-0.3, -0.25) is 9.59 Å². The molecule has 2 unspecified atom stereocenters. The van der Waals surface area contributed by atoms with Gasteiger partial charge in [0.25, 0.3) is 5.91 Å². The molecule has 116 valence electrons. The van der Waals surface area contributed by atoms with E-state index in [-0.39, 0.29) is 24.5 Å². The lowest BCUT2D eigenvalue weighted by molar-refractivity contribution is -0.123. The summed E-state index contributed by atoms with van der Waals surface area (Å²) in [5.41, 5.74) is 0.446. The van der Waals surface area contributed by atoms with Crippen LogP contribution in [0.25, 0.3) is 0 Å². The largest absolute Gasteiger partial charge is 0.396 e. The van der Waals surface area contributed by atoms with E-state index in [0.29, 0.717) is 17.0 Å². The van der Waals surface area contributed by atoms with Gasteiger partial charge in [-0.1, -0.05) is 18.5 Å². The summed E-state index contributed by atoms with van der Waals surface area (Å²) in [6.07, 6.45) is 1.23. The van der Waals surface area contributed by atoms with Gasteiger partial charge in [0, 0.05) is 23.2 Å². The lowest BCUT2D eigenvalue weighted by Crippen LogP contribution is -2.48. The Kier molecular flexibility index (Phi) is 7.19. The standard InChI is InChI=1S/C15H21ClN2O3/c1-3-13(8-9-19)18-14(20)10(2)17-15(21)11-4-6-12(16)7-5-11/h4-7,10,13,19H,3,8-9H2,1-2H3,(H,17,21)(H,18,20). The van der Waals surface area contributed by atoms with Crippen molar-refractivity contribution in [2.24, 2.45) is 0 Å². The number of rotatable bonds is 7. The van der Waals surface area contributed by atoms with E-state index < -0.39 is 6.04 Å². The van der Waals surface area contributed by atoms with E-state index in [9.17, 15) is 9.59 Å². The highest BCUT2D eigenvalue weighted by atomic mass is 35.5. The molecule has 0 spiro atoms. The molecule has 6 heteroatoms. The number of benzene rings is 1. The molecule has 0 saturated carbocycles. The minimum atomic E-state index is -0.652. The predicted molar refractivity (Wildman–Crippen MR) is 82.3 cm³/mol. The maximum absolute atomic E-state index is 12.0. The lowest BCUT2D eigenvalue weighted by atomic mass is 10.1. The van der Waals surface area contributed by atoms with Gasteiger partial charge in [-0.2, -0.15) is 0 Å². The van der Waals surface area contributed by atoms with Gasteiger partial charge in [0.15, 0.2) is 0 Å². The maximum Gasteiger partial charge on any atom is 0.251 e. The number of amides is 2. The van der Waals surface area contributed by atoms with Crippen LogP contribution in [-0.4, -0.2) is 35.6 Å². The average molecular weight is 313 g/mol. The van der Waals surface area contributed by atoms with E-state index in [0.717, 1.165) is 6.42 Å². The Morgan fingerprint density at radius 3 is 2.38 bits per heavy atom. The zero-order valence-electron chi connectivity index (χ0n) is 12.2. The van der Waals surface area contributed by atoms with Crippen molar-refractivity contribution in [1.29, 1.82) is 0 Å². The first-order valence-corrected chi connectivity index (χ1v) is 7.33. The van der Waals surface area contributed by atoms with Crippen LogP contribution in [0.3, 0.4) is 0 Å². The van der Waals surface area contributed by atoms with Crippen LogP contribution in [0.15, 0.2) is 24.3 Å². The molecule has 0 saturated heterocycles. The molecule has 21 heavy (non-hydrogen) atoms. The van der Waals surface area contributed by atoms with Crippen molar-refractivity contribution in [3.8, 4) is 0 Å². The molecule has 1 aromatic rings. The van der Waals surface area contributed by atoms with Crippen LogP contribution in [0.4, 0.5) is 0 Å². The minimum absolute atomic E-state index is 0.0182. The van der Waals surface area contributed by atoms with Crippen LogP contribution in [0.1, 0.15) is 37.0 Å². The van der Waals surface area contributed by atoms with E-state index >= 15 is 0 Å². The second-order valence-electron chi connectivity index (χ2n) is 4.83. The molecule has 5 nitrogen and oxygen atoms in total. The van der Waals surface area contributed by atoms with Crippen LogP contribution in [-0.2, 0) is 4.79 Å². The molecular weight excluding hydrogens is 292 g/mol. The molecule has 0 aromatic heterocycles. The van der Waals surface area contributed by atoms with Crippen molar-refractivity contribution in [1.82, 2.24) is 10.6 Å². The van der Waals surface area contributed by atoms with Crippen LogP contribution in [0.2, 0.25) is 5.02 Å². The maximum atomic E-state index is 12.0. The third kappa shape index (κ3) is 5.73. The monoisotopic (exact) mass is 312 g/mol. The number of aliphatic hydroxyl groups excluding tert-OH is 1. The molecule has 0 aliphatic rings. The van der Waals surface area contributed by atoms with Gasteiger partial charge in [0.05, 0.1) is 0 Å². The third-order valence-corrected chi connectivity index (χ3v) is 3.42. The van der Waals surface area contributed by atoms with Crippen molar-refractivity contribution < 1.29 is 14.7 Å². The van der Waals surface area contributed by atoms with Crippen LogP contribution in [0, 0.1) is 0 Å². The van der Waals surface area contributed by atoms with Gasteiger partial charge in [0.2, 0.25) is 5.91 Å². The zero-order chi connectivity index (χ0) is 15.8. The van der Waals surface area contributed by atoms with Crippen molar-refractivity contribution in [3.05, 3.63) is 34.9 Å².